The predicted octanol–water partition coefficient (Wildman–Crippen LogP) is 5.71. The van der Waals surface area contributed by atoms with Crippen LogP contribution in [0.1, 0.15) is 70.4 Å². The lowest BCUT2D eigenvalue weighted by Crippen LogP contribution is -2.30. The summed E-state index contributed by atoms with van der Waals surface area (Å²) in [6, 6.07) is 8.76. The Morgan fingerprint density at radius 3 is 2.61 bits per heavy atom. The molecule has 4 rings (SSSR count). The first kappa shape index (κ1) is 23.9. The number of benzene rings is 1. The molecule has 0 saturated carbocycles. The normalized spacial score (nSPS) is 17.7. The number of rotatable bonds is 11. The van der Waals surface area contributed by atoms with Gasteiger partial charge in [0, 0.05) is 30.3 Å². The summed E-state index contributed by atoms with van der Waals surface area (Å²) in [4.78, 5) is 5.04. The van der Waals surface area contributed by atoms with Crippen molar-refractivity contribution in [3.05, 3.63) is 40.9 Å². The standard InChI is InChI=1S/C28H40N2O3/c1-4-7-15-31-22-11-12-25-21(18-22)13-14-30-27(29-20-23-10-9-17-32-23)19-26(33-16-8-5-2)24(6-3)28(25)30/h11-12,18-19,23H,4-10,13-17,20H2,1-3H3. The molecular formula is C28H40N2O3. The van der Waals surface area contributed by atoms with E-state index in [1.54, 1.807) is 0 Å². The topological polar surface area (TPSA) is 45.0 Å². The summed E-state index contributed by atoms with van der Waals surface area (Å²) in [6.07, 6.45) is 8.82. The van der Waals surface area contributed by atoms with Crippen LogP contribution in [0.4, 0.5) is 0 Å². The Hall–Kier alpha value is -2.27. The van der Waals surface area contributed by atoms with E-state index < -0.39 is 0 Å². The zero-order valence-corrected chi connectivity index (χ0v) is 20.7. The summed E-state index contributed by atoms with van der Waals surface area (Å²) >= 11 is 0. The van der Waals surface area contributed by atoms with E-state index in [-0.39, 0.29) is 6.10 Å². The fourth-order valence-electron chi connectivity index (χ4n) is 4.79. The van der Waals surface area contributed by atoms with Crippen LogP contribution >= 0.6 is 0 Å². The number of hydrogen-bond donors (Lipinski definition) is 0. The van der Waals surface area contributed by atoms with Gasteiger partial charge in [-0.15, -0.1) is 0 Å². The molecule has 1 fully saturated rings. The van der Waals surface area contributed by atoms with Gasteiger partial charge in [-0.1, -0.05) is 33.6 Å². The molecule has 0 amide bonds. The van der Waals surface area contributed by atoms with E-state index in [4.69, 9.17) is 19.2 Å². The van der Waals surface area contributed by atoms with Gasteiger partial charge in [-0.3, -0.25) is 4.99 Å². The quantitative estimate of drug-likeness (QED) is 0.410. The van der Waals surface area contributed by atoms with Crippen LogP contribution in [0.2, 0.25) is 0 Å². The molecule has 5 heteroatoms. The SMILES string of the molecule is CCCCOc1ccc2c(c1)CCn1c-2c(CC)c(OCCCC)cc1=NCC1CCCO1. The Labute approximate surface area is 198 Å². The van der Waals surface area contributed by atoms with Crippen molar-refractivity contribution >= 4 is 0 Å². The van der Waals surface area contributed by atoms with Gasteiger partial charge in [0.25, 0.3) is 0 Å². The van der Waals surface area contributed by atoms with Gasteiger partial charge >= 0.3 is 0 Å². The highest BCUT2D eigenvalue weighted by molar-refractivity contribution is 5.72. The molecule has 0 bridgehead atoms. The Bertz CT molecular complexity index is 989. The molecule has 2 aromatic rings. The van der Waals surface area contributed by atoms with Gasteiger partial charge in [0.2, 0.25) is 0 Å². The monoisotopic (exact) mass is 452 g/mol. The van der Waals surface area contributed by atoms with Gasteiger partial charge in [-0.2, -0.15) is 0 Å². The van der Waals surface area contributed by atoms with Crippen molar-refractivity contribution in [2.24, 2.45) is 4.99 Å². The highest BCUT2D eigenvalue weighted by atomic mass is 16.5. The lowest BCUT2D eigenvalue weighted by Gasteiger charge is -2.27. The van der Waals surface area contributed by atoms with Gasteiger partial charge < -0.3 is 18.8 Å². The maximum Gasteiger partial charge on any atom is 0.131 e. The van der Waals surface area contributed by atoms with Crippen LogP contribution in [0.15, 0.2) is 29.3 Å². The predicted molar refractivity (Wildman–Crippen MR) is 133 cm³/mol. The van der Waals surface area contributed by atoms with Crippen molar-refractivity contribution in [2.45, 2.75) is 84.8 Å². The van der Waals surface area contributed by atoms with Crippen LogP contribution in [0.3, 0.4) is 0 Å². The summed E-state index contributed by atoms with van der Waals surface area (Å²) in [5, 5.41) is 0. The highest BCUT2D eigenvalue weighted by Crippen LogP contribution is 2.37. The third kappa shape index (κ3) is 5.63. The van der Waals surface area contributed by atoms with Gasteiger partial charge in [-0.25, -0.2) is 0 Å². The zero-order chi connectivity index (χ0) is 23.0. The number of pyridine rings is 1. The minimum atomic E-state index is 0.246. The first-order chi connectivity index (χ1) is 16.2. The molecule has 0 aliphatic carbocycles. The van der Waals surface area contributed by atoms with Crippen molar-refractivity contribution in [1.82, 2.24) is 4.57 Å². The summed E-state index contributed by atoms with van der Waals surface area (Å²) in [5.74, 6) is 1.96. The summed E-state index contributed by atoms with van der Waals surface area (Å²) in [7, 11) is 0. The first-order valence-corrected chi connectivity index (χ1v) is 13.0. The first-order valence-electron chi connectivity index (χ1n) is 13.0. The maximum absolute atomic E-state index is 6.32. The third-order valence-electron chi connectivity index (χ3n) is 6.68. The molecule has 2 aliphatic heterocycles. The minimum Gasteiger partial charge on any atom is -0.494 e. The van der Waals surface area contributed by atoms with Crippen molar-refractivity contribution in [3.63, 3.8) is 0 Å². The lowest BCUT2D eigenvalue weighted by atomic mass is 9.93. The smallest absolute Gasteiger partial charge is 0.131 e. The van der Waals surface area contributed by atoms with Crippen molar-refractivity contribution in [1.29, 1.82) is 0 Å². The molecule has 1 atom stereocenters. The van der Waals surface area contributed by atoms with E-state index in [0.29, 0.717) is 0 Å². The lowest BCUT2D eigenvalue weighted by molar-refractivity contribution is 0.117. The van der Waals surface area contributed by atoms with Crippen LogP contribution < -0.4 is 15.0 Å². The summed E-state index contributed by atoms with van der Waals surface area (Å²) in [6.45, 7) is 10.6. The third-order valence-corrected chi connectivity index (χ3v) is 6.68. The van der Waals surface area contributed by atoms with Gasteiger partial charge in [-0.05, 0) is 62.3 Å². The Kier molecular flexibility index (Phi) is 8.49. The fraction of sp³-hybridized carbons (Fsp3) is 0.607. The van der Waals surface area contributed by atoms with Crippen LogP contribution in [0, 0.1) is 0 Å². The number of ether oxygens (including phenoxy) is 3. The van der Waals surface area contributed by atoms with Gasteiger partial charge in [0.1, 0.15) is 17.0 Å². The number of fused-ring (bicyclic) bond motifs is 3. The Morgan fingerprint density at radius 2 is 1.88 bits per heavy atom. The number of aryl methyl sites for hydroxylation is 1. The van der Waals surface area contributed by atoms with Crippen molar-refractivity contribution in [2.75, 3.05) is 26.4 Å². The van der Waals surface area contributed by atoms with Crippen molar-refractivity contribution < 1.29 is 14.2 Å². The fourth-order valence-corrected chi connectivity index (χ4v) is 4.79. The molecule has 5 nitrogen and oxygen atoms in total. The molecule has 0 spiro atoms. The Morgan fingerprint density at radius 1 is 1.06 bits per heavy atom. The molecule has 33 heavy (non-hydrogen) atoms. The van der Waals surface area contributed by atoms with E-state index in [9.17, 15) is 0 Å². The summed E-state index contributed by atoms with van der Waals surface area (Å²) < 4.78 is 20.6. The van der Waals surface area contributed by atoms with Crippen LogP contribution in [-0.4, -0.2) is 37.0 Å². The van der Waals surface area contributed by atoms with E-state index in [0.717, 1.165) is 101 Å². The van der Waals surface area contributed by atoms with Gasteiger partial charge in [0.05, 0.1) is 31.6 Å². The molecule has 0 radical (unpaired) electrons. The largest absolute Gasteiger partial charge is 0.494 e. The molecule has 1 aromatic heterocycles. The van der Waals surface area contributed by atoms with Crippen LogP contribution in [0.25, 0.3) is 11.3 Å². The molecule has 1 saturated heterocycles. The van der Waals surface area contributed by atoms with E-state index in [1.165, 1.54) is 22.4 Å². The molecule has 0 N–H and O–H groups in total. The van der Waals surface area contributed by atoms with Crippen LogP contribution in [-0.2, 0) is 24.1 Å². The van der Waals surface area contributed by atoms with Crippen molar-refractivity contribution in [3.8, 4) is 22.8 Å². The molecule has 2 aliphatic rings. The maximum atomic E-state index is 6.32. The van der Waals surface area contributed by atoms with Crippen LogP contribution in [0.5, 0.6) is 11.5 Å². The second kappa shape index (κ2) is 11.7. The minimum absolute atomic E-state index is 0.246. The zero-order valence-electron chi connectivity index (χ0n) is 20.7. The van der Waals surface area contributed by atoms with E-state index >= 15 is 0 Å². The molecule has 3 heterocycles. The molecule has 1 aromatic carbocycles. The number of aromatic nitrogens is 1. The number of unbranched alkanes of at least 4 members (excludes halogenated alkanes) is 2. The van der Waals surface area contributed by atoms with E-state index in [2.05, 4.69) is 49.6 Å². The second-order valence-electron chi connectivity index (χ2n) is 9.15. The highest BCUT2D eigenvalue weighted by Gasteiger charge is 2.23. The Balaban J connectivity index is 1.75. The molecule has 180 valence electrons. The summed E-state index contributed by atoms with van der Waals surface area (Å²) in [5.41, 5.74) is 6.20. The van der Waals surface area contributed by atoms with Gasteiger partial charge in [0.15, 0.2) is 0 Å². The number of hydrogen-bond acceptors (Lipinski definition) is 4. The van der Waals surface area contributed by atoms with E-state index in [1.807, 2.05) is 0 Å². The number of nitrogens with zero attached hydrogens (tertiary/aromatic N) is 2. The average molecular weight is 453 g/mol. The molecular weight excluding hydrogens is 412 g/mol. The second-order valence-corrected chi connectivity index (χ2v) is 9.15. The molecule has 1 unspecified atom stereocenters. The average Bonchev–Trinajstić information content (AvgIpc) is 3.36.